The number of likely N-dealkylation sites (tertiary alicyclic amines) is 1. The third-order valence-corrected chi connectivity index (χ3v) is 6.16. The molecule has 0 unspecified atom stereocenters. The van der Waals surface area contributed by atoms with Crippen LogP contribution in [-0.2, 0) is 4.74 Å². The molecule has 1 aromatic carbocycles. The molecule has 0 bridgehead atoms. The molecule has 0 aromatic heterocycles. The van der Waals surface area contributed by atoms with Gasteiger partial charge in [0.15, 0.2) is 0 Å². The largest absolute Gasteiger partial charge is 0.381 e. The molecule has 5 nitrogen and oxygen atoms in total. The number of nitrogens with one attached hydrogen (secondary N) is 1. The smallest absolute Gasteiger partial charge is 0.321 e. The van der Waals surface area contributed by atoms with Crippen molar-refractivity contribution in [1.29, 1.82) is 0 Å². The highest BCUT2D eigenvalue weighted by Gasteiger charge is 2.42. The Morgan fingerprint density at radius 2 is 2.08 bits per heavy atom. The molecular weight excluding hydrogens is 314 g/mol. The van der Waals surface area contributed by atoms with Crippen LogP contribution < -0.4 is 10.2 Å². The van der Waals surface area contributed by atoms with Crippen LogP contribution in [0.5, 0.6) is 0 Å². The molecule has 0 aliphatic carbocycles. The molecule has 25 heavy (non-hydrogen) atoms. The van der Waals surface area contributed by atoms with Gasteiger partial charge in [-0.15, -0.1) is 0 Å². The van der Waals surface area contributed by atoms with Gasteiger partial charge in [0.1, 0.15) is 0 Å². The number of benzene rings is 1. The van der Waals surface area contributed by atoms with Crippen molar-refractivity contribution in [3.05, 3.63) is 24.3 Å². The van der Waals surface area contributed by atoms with E-state index in [9.17, 15) is 4.79 Å². The first-order valence-electron chi connectivity index (χ1n) is 9.62. The molecular formula is C20H29N3O2. The van der Waals surface area contributed by atoms with Gasteiger partial charge in [0.2, 0.25) is 0 Å². The van der Waals surface area contributed by atoms with Gasteiger partial charge in [-0.25, -0.2) is 4.79 Å². The molecule has 136 valence electrons. The molecule has 0 radical (unpaired) electrons. The van der Waals surface area contributed by atoms with Crippen molar-refractivity contribution in [2.45, 2.75) is 32.6 Å². The lowest BCUT2D eigenvalue weighted by Crippen LogP contribution is -2.35. The number of ether oxygens (including phenoxy) is 1. The van der Waals surface area contributed by atoms with Crippen LogP contribution in [0.4, 0.5) is 16.2 Å². The van der Waals surface area contributed by atoms with Gasteiger partial charge in [-0.05, 0) is 49.8 Å². The Balaban J connectivity index is 1.37. The Hall–Kier alpha value is -1.75. The predicted octanol–water partition coefficient (Wildman–Crippen LogP) is 3.57. The molecule has 3 aliphatic rings. The molecule has 2 amide bonds. The quantitative estimate of drug-likeness (QED) is 0.893. The number of hydrogen-bond donors (Lipinski definition) is 1. The van der Waals surface area contributed by atoms with Crippen LogP contribution in [0.3, 0.4) is 0 Å². The summed E-state index contributed by atoms with van der Waals surface area (Å²) in [5.74, 6) is 0.821. The zero-order valence-corrected chi connectivity index (χ0v) is 15.2. The van der Waals surface area contributed by atoms with Crippen molar-refractivity contribution in [2.24, 2.45) is 11.3 Å². The monoisotopic (exact) mass is 343 g/mol. The van der Waals surface area contributed by atoms with E-state index in [0.717, 1.165) is 63.8 Å². The van der Waals surface area contributed by atoms with E-state index in [1.54, 1.807) is 0 Å². The Morgan fingerprint density at radius 3 is 2.84 bits per heavy atom. The third-order valence-electron chi connectivity index (χ3n) is 6.16. The van der Waals surface area contributed by atoms with E-state index >= 15 is 0 Å². The molecule has 3 fully saturated rings. The first-order valence-corrected chi connectivity index (χ1v) is 9.62. The molecule has 5 heteroatoms. The summed E-state index contributed by atoms with van der Waals surface area (Å²) in [5, 5.41) is 3.10. The lowest BCUT2D eigenvalue weighted by atomic mass is 9.87. The fourth-order valence-electron chi connectivity index (χ4n) is 4.33. The summed E-state index contributed by atoms with van der Waals surface area (Å²) in [5.41, 5.74) is 2.32. The van der Waals surface area contributed by atoms with E-state index in [1.165, 1.54) is 18.5 Å². The number of anilines is 2. The molecule has 1 aromatic rings. The molecule has 1 atom stereocenters. The summed E-state index contributed by atoms with van der Waals surface area (Å²) >= 11 is 0. The number of nitrogens with zero attached hydrogens (tertiary/aromatic N) is 2. The first kappa shape index (κ1) is 16.7. The summed E-state index contributed by atoms with van der Waals surface area (Å²) in [6.45, 7) is 7.83. The van der Waals surface area contributed by atoms with E-state index < -0.39 is 0 Å². The van der Waals surface area contributed by atoms with Gasteiger partial charge in [0.05, 0.1) is 6.61 Å². The normalized spacial score (nSPS) is 27.2. The minimum atomic E-state index is 0.0215. The number of carbonyl (C=O) groups is 1. The van der Waals surface area contributed by atoms with Crippen molar-refractivity contribution in [3.63, 3.8) is 0 Å². The van der Waals surface area contributed by atoms with Gasteiger partial charge < -0.3 is 19.9 Å². The van der Waals surface area contributed by atoms with E-state index in [4.69, 9.17) is 4.74 Å². The summed E-state index contributed by atoms with van der Waals surface area (Å²) < 4.78 is 5.56. The minimum absolute atomic E-state index is 0.0215. The summed E-state index contributed by atoms with van der Waals surface area (Å²) in [6, 6.07) is 8.30. The van der Waals surface area contributed by atoms with Gasteiger partial charge in [-0.1, -0.05) is 13.0 Å². The van der Waals surface area contributed by atoms with Gasteiger partial charge in [-0.2, -0.15) is 0 Å². The molecule has 4 rings (SSSR count). The number of amides is 2. The standard InChI is InChI=1S/C20H29N3O2/c1-16-5-9-22(10-6-16)18-4-2-3-17(13-18)21-19(24)23-11-7-20(14-23)8-12-25-15-20/h2-4,13,16H,5-12,14-15H2,1H3,(H,21,24)/t20-/m1/s1. The van der Waals surface area contributed by atoms with E-state index in [2.05, 4.69) is 29.3 Å². The second-order valence-electron chi connectivity index (χ2n) is 8.12. The zero-order valence-electron chi connectivity index (χ0n) is 15.2. The average Bonchev–Trinajstić information content (AvgIpc) is 3.26. The van der Waals surface area contributed by atoms with E-state index in [0.29, 0.717) is 0 Å². The molecule has 3 heterocycles. The molecule has 3 saturated heterocycles. The first-order chi connectivity index (χ1) is 12.1. The zero-order chi connectivity index (χ0) is 17.3. The highest BCUT2D eigenvalue weighted by Crippen LogP contribution is 2.38. The maximum Gasteiger partial charge on any atom is 0.321 e. The van der Waals surface area contributed by atoms with Crippen LogP contribution in [0.15, 0.2) is 24.3 Å². The fraction of sp³-hybridized carbons (Fsp3) is 0.650. The number of carbonyl (C=O) groups excluding carboxylic acids is 1. The number of urea groups is 1. The molecule has 3 aliphatic heterocycles. The van der Waals surface area contributed by atoms with Gasteiger partial charge in [-0.3, -0.25) is 0 Å². The van der Waals surface area contributed by atoms with Crippen molar-refractivity contribution in [1.82, 2.24) is 4.90 Å². The number of piperidine rings is 1. The van der Waals surface area contributed by atoms with Crippen molar-refractivity contribution in [2.75, 3.05) is 49.6 Å². The lowest BCUT2D eigenvalue weighted by Gasteiger charge is -2.32. The van der Waals surface area contributed by atoms with Gasteiger partial charge in [0, 0.05) is 49.6 Å². The van der Waals surface area contributed by atoms with Gasteiger partial charge >= 0.3 is 6.03 Å². The van der Waals surface area contributed by atoms with Crippen LogP contribution in [0.1, 0.15) is 32.6 Å². The lowest BCUT2D eigenvalue weighted by molar-refractivity contribution is 0.154. The fourth-order valence-corrected chi connectivity index (χ4v) is 4.33. The minimum Gasteiger partial charge on any atom is -0.381 e. The van der Waals surface area contributed by atoms with Gasteiger partial charge in [0.25, 0.3) is 0 Å². The average molecular weight is 343 g/mol. The van der Waals surface area contributed by atoms with Crippen molar-refractivity contribution in [3.8, 4) is 0 Å². The summed E-state index contributed by atoms with van der Waals surface area (Å²) in [6.07, 6.45) is 4.63. The third kappa shape index (κ3) is 3.61. The number of hydrogen-bond acceptors (Lipinski definition) is 3. The Labute approximate surface area is 150 Å². The van der Waals surface area contributed by atoms with Crippen LogP contribution in [0.25, 0.3) is 0 Å². The summed E-state index contributed by atoms with van der Waals surface area (Å²) in [7, 11) is 0. The highest BCUT2D eigenvalue weighted by atomic mass is 16.5. The van der Waals surface area contributed by atoms with Crippen LogP contribution >= 0.6 is 0 Å². The second-order valence-corrected chi connectivity index (χ2v) is 8.12. The Morgan fingerprint density at radius 1 is 1.24 bits per heavy atom. The Bertz CT molecular complexity index is 619. The van der Waals surface area contributed by atoms with E-state index in [-0.39, 0.29) is 11.4 Å². The second kappa shape index (κ2) is 6.87. The maximum atomic E-state index is 12.6. The highest BCUT2D eigenvalue weighted by molar-refractivity contribution is 5.90. The molecule has 1 spiro atoms. The van der Waals surface area contributed by atoms with Crippen LogP contribution in [0, 0.1) is 11.3 Å². The SMILES string of the molecule is CC1CCN(c2cccc(NC(=O)N3CC[C@@]4(CCOC4)C3)c2)CC1. The molecule has 1 N–H and O–H groups in total. The van der Waals surface area contributed by atoms with E-state index in [1.807, 2.05) is 17.0 Å². The molecule has 0 saturated carbocycles. The van der Waals surface area contributed by atoms with Crippen molar-refractivity contribution >= 4 is 17.4 Å². The maximum absolute atomic E-state index is 12.6. The summed E-state index contributed by atoms with van der Waals surface area (Å²) in [4.78, 5) is 17.0. The Kier molecular flexibility index (Phi) is 4.59. The predicted molar refractivity (Wildman–Crippen MR) is 100 cm³/mol. The number of rotatable bonds is 2. The topological polar surface area (TPSA) is 44.8 Å². The van der Waals surface area contributed by atoms with Crippen LogP contribution in [0.2, 0.25) is 0 Å². The van der Waals surface area contributed by atoms with Crippen molar-refractivity contribution < 1.29 is 9.53 Å². The van der Waals surface area contributed by atoms with Crippen LogP contribution in [-0.4, -0.2) is 50.3 Å².